The van der Waals surface area contributed by atoms with Gasteiger partial charge in [0.2, 0.25) is 0 Å². The number of aliphatic carboxylic acids is 1. The second-order valence-corrected chi connectivity index (χ2v) is 9.02. The first kappa shape index (κ1) is 21.9. The Morgan fingerprint density at radius 2 is 1.97 bits per heavy atom. The second kappa shape index (κ2) is 9.34. The van der Waals surface area contributed by atoms with Crippen LogP contribution in [-0.2, 0) is 16.1 Å². The summed E-state index contributed by atoms with van der Waals surface area (Å²) in [6.45, 7) is -0.485. The first-order valence-corrected chi connectivity index (χ1v) is 10.9. The molecule has 1 heterocycles. The molecular formula is C19H12Br2ClNO5S. The van der Waals surface area contributed by atoms with Crippen LogP contribution >= 0.6 is 55.2 Å². The average molecular weight is 562 g/mol. The van der Waals surface area contributed by atoms with Crippen LogP contribution in [-0.4, -0.2) is 33.7 Å². The molecular weight excluding hydrogens is 550 g/mol. The maximum atomic E-state index is 12.8. The van der Waals surface area contributed by atoms with Gasteiger partial charge in [-0.15, -0.1) is 0 Å². The second-order valence-electron chi connectivity index (χ2n) is 5.85. The van der Waals surface area contributed by atoms with Crippen molar-refractivity contribution in [2.24, 2.45) is 0 Å². The molecule has 0 saturated carbocycles. The molecule has 1 aliphatic heterocycles. The van der Waals surface area contributed by atoms with Gasteiger partial charge in [0.05, 0.1) is 15.9 Å². The van der Waals surface area contributed by atoms with E-state index in [4.69, 9.17) is 21.4 Å². The zero-order chi connectivity index (χ0) is 21.1. The minimum atomic E-state index is -1.13. The average Bonchev–Trinajstić information content (AvgIpc) is 2.90. The van der Waals surface area contributed by atoms with Crippen molar-refractivity contribution in [2.45, 2.75) is 6.54 Å². The van der Waals surface area contributed by atoms with Crippen LogP contribution in [0.2, 0.25) is 5.02 Å². The first-order valence-electron chi connectivity index (χ1n) is 8.08. The zero-order valence-corrected chi connectivity index (χ0v) is 19.3. The summed E-state index contributed by atoms with van der Waals surface area (Å²) in [5, 5.41) is 8.94. The molecule has 6 nitrogen and oxygen atoms in total. The highest BCUT2D eigenvalue weighted by Gasteiger charge is 2.35. The Morgan fingerprint density at radius 1 is 1.24 bits per heavy atom. The van der Waals surface area contributed by atoms with Gasteiger partial charge in [0.25, 0.3) is 11.1 Å². The fourth-order valence-corrected chi connectivity index (χ4v) is 4.95. The van der Waals surface area contributed by atoms with Crippen molar-refractivity contribution in [1.82, 2.24) is 4.90 Å². The highest BCUT2D eigenvalue weighted by Crippen LogP contribution is 2.39. The summed E-state index contributed by atoms with van der Waals surface area (Å²) >= 11 is 13.6. The van der Waals surface area contributed by atoms with E-state index in [9.17, 15) is 14.4 Å². The third-order valence-corrected chi connectivity index (χ3v) is 6.15. The van der Waals surface area contributed by atoms with Crippen LogP contribution in [0.25, 0.3) is 6.08 Å². The SMILES string of the molecule is O=C(O)COc1c(Br)cc(Br)cc1/C=C1\SC(=O)N(Cc2ccccc2Cl)C1=O. The van der Waals surface area contributed by atoms with E-state index < -0.39 is 23.7 Å². The fraction of sp³-hybridized carbons (Fsp3) is 0.105. The third kappa shape index (κ3) is 5.22. The molecule has 2 amide bonds. The number of thioether (sulfide) groups is 1. The van der Waals surface area contributed by atoms with E-state index in [-0.39, 0.29) is 17.2 Å². The lowest BCUT2D eigenvalue weighted by Gasteiger charge is -2.13. The molecule has 2 aromatic rings. The zero-order valence-electron chi connectivity index (χ0n) is 14.5. The largest absolute Gasteiger partial charge is 0.480 e. The third-order valence-electron chi connectivity index (χ3n) is 3.82. The van der Waals surface area contributed by atoms with Crippen LogP contribution in [0.5, 0.6) is 5.75 Å². The van der Waals surface area contributed by atoms with Gasteiger partial charge in [0.1, 0.15) is 5.75 Å². The van der Waals surface area contributed by atoms with Gasteiger partial charge in [-0.25, -0.2) is 4.79 Å². The molecule has 0 radical (unpaired) electrons. The van der Waals surface area contributed by atoms with Crippen LogP contribution < -0.4 is 4.74 Å². The van der Waals surface area contributed by atoms with Gasteiger partial charge in [-0.1, -0.05) is 45.7 Å². The van der Waals surface area contributed by atoms with Gasteiger partial charge in [0.15, 0.2) is 6.61 Å². The van der Waals surface area contributed by atoms with Gasteiger partial charge in [0, 0.05) is 15.1 Å². The normalized spacial score (nSPS) is 15.3. The number of ether oxygens (including phenoxy) is 1. The standard InChI is InChI=1S/C19H12Br2ClNO5S/c20-12-5-11(17(13(21)7-12)28-9-16(24)25)6-15-18(26)23(19(27)29-15)8-10-3-1-2-4-14(10)22/h1-7H,8-9H2,(H,24,25)/b15-6-. The Morgan fingerprint density at radius 3 is 2.66 bits per heavy atom. The number of carboxylic acids is 1. The smallest absolute Gasteiger partial charge is 0.341 e. The molecule has 0 bridgehead atoms. The fourth-order valence-electron chi connectivity index (χ4n) is 2.55. The summed E-state index contributed by atoms with van der Waals surface area (Å²) in [7, 11) is 0. The van der Waals surface area contributed by atoms with Gasteiger partial charge in [-0.05, 0) is 57.5 Å². The number of hydrogen-bond acceptors (Lipinski definition) is 5. The number of imide groups is 1. The summed E-state index contributed by atoms with van der Waals surface area (Å²) in [5.74, 6) is -1.33. The molecule has 0 aliphatic carbocycles. The van der Waals surface area contributed by atoms with Crippen LogP contribution in [0.15, 0.2) is 50.2 Å². The molecule has 0 aromatic heterocycles. The summed E-state index contributed by atoms with van der Waals surface area (Å²) in [4.78, 5) is 37.4. The predicted molar refractivity (Wildman–Crippen MR) is 118 cm³/mol. The van der Waals surface area contributed by atoms with Crippen molar-refractivity contribution in [3.8, 4) is 5.75 Å². The van der Waals surface area contributed by atoms with Crippen molar-refractivity contribution < 1.29 is 24.2 Å². The van der Waals surface area contributed by atoms with Gasteiger partial charge >= 0.3 is 5.97 Å². The molecule has 10 heteroatoms. The maximum absolute atomic E-state index is 12.8. The molecule has 0 atom stereocenters. The Kier molecular flexibility index (Phi) is 7.05. The Bertz CT molecular complexity index is 1040. The number of carboxylic acid groups (broad SMARTS) is 1. The van der Waals surface area contributed by atoms with E-state index in [1.165, 1.54) is 6.08 Å². The highest BCUT2D eigenvalue weighted by atomic mass is 79.9. The van der Waals surface area contributed by atoms with E-state index in [2.05, 4.69) is 31.9 Å². The van der Waals surface area contributed by atoms with Gasteiger partial charge < -0.3 is 9.84 Å². The minimum Gasteiger partial charge on any atom is -0.480 e. The van der Waals surface area contributed by atoms with E-state index in [1.807, 2.05) is 0 Å². The lowest BCUT2D eigenvalue weighted by atomic mass is 10.1. The number of hydrogen-bond donors (Lipinski definition) is 1. The topological polar surface area (TPSA) is 83.9 Å². The molecule has 3 rings (SSSR count). The number of carbonyl (C=O) groups excluding carboxylic acids is 2. The maximum Gasteiger partial charge on any atom is 0.341 e. The van der Waals surface area contributed by atoms with Crippen molar-refractivity contribution in [1.29, 1.82) is 0 Å². The molecule has 0 unspecified atom stereocenters. The molecule has 150 valence electrons. The van der Waals surface area contributed by atoms with Crippen molar-refractivity contribution >= 4 is 78.4 Å². The van der Waals surface area contributed by atoms with E-state index >= 15 is 0 Å². The van der Waals surface area contributed by atoms with Crippen molar-refractivity contribution in [2.75, 3.05) is 6.61 Å². The van der Waals surface area contributed by atoms with E-state index in [1.54, 1.807) is 36.4 Å². The Hall–Kier alpha value is -1.81. The first-order chi connectivity index (χ1) is 13.8. The molecule has 2 aromatic carbocycles. The van der Waals surface area contributed by atoms with Gasteiger partial charge in [-0.2, -0.15) is 0 Å². The molecule has 29 heavy (non-hydrogen) atoms. The van der Waals surface area contributed by atoms with E-state index in [0.29, 0.717) is 25.1 Å². The van der Waals surface area contributed by atoms with Crippen LogP contribution in [0, 0.1) is 0 Å². The van der Waals surface area contributed by atoms with Crippen molar-refractivity contribution in [3.05, 3.63) is 66.4 Å². The van der Waals surface area contributed by atoms with Crippen LogP contribution in [0.1, 0.15) is 11.1 Å². The van der Waals surface area contributed by atoms with Gasteiger partial charge in [-0.3, -0.25) is 14.5 Å². The summed E-state index contributed by atoms with van der Waals surface area (Å²) in [5.41, 5.74) is 1.11. The monoisotopic (exact) mass is 559 g/mol. The van der Waals surface area contributed by atoms with E-state index in [0.717, 1.165) is 16.7 Å². The quantitative estimate of drug-likeness (QED) is 0.465. The Labute approximate surface area is 192 Å². The van der Waals surface area contributed by atoms with Crippen LogP contribution in [0.4, 0.5) is 4.79 Å². The molecule has 1 saturated heterocycles. The Balaban J connectivity index is 1.91. The molecule has 0 spiro atoms. The summed E-state index contributed by atoms with van der Waals surface area (Å²) in [6, 6.07) is 10.3. The predicted octanol–water partition coefficient (Wildman–Crippen LogP) is 5.56. The summed E-state index contributed by atoms with van der Waals surface area (Å²) < 4.78 is 6.54. The number of rotatable bonds is 6. The minimum absolute atomic E-state index is 0.0617. The summed E-state index contributed by atoms with van der Waals surface area (Å²) in [6.07, 6.45) is 1.50. The van der Waals surface area contributed by atoms with Crippen molar-refractivity contribution in [3.63, 3.8) is 0 Å². The number of halogens is 3. The number of nitrogens with zero attached hydrogens (tertiary/aromatic N) is 1. The number of amides is 2. The molecule has 1 fully saturated rings. The number of benzene rings is 2. The van der Waals surface area contributed by atoms with Crippen LogP contribution in [0.3, 0.4) is 0 Å². The number of carbonyl (C=O) groups is 3. The lowest BCUT2D eigenvalue weighted by Crippen LogP contribution is -2.27. The lowest BCUT2D eigenvalue weighted by molar-refractivity contribution is -0.139. The highest BCUT2D eigenvalue weighted by molar-refractivity contribution is 9.11. The molecule has 1 N–H and O–H groups in total. The molecule has 1 aliphatic rings.